The second-order valence-electron chi connectivity index (χ2n) is 4.14. The van der Waals surface area contributed by atoms with E-state index in [0.29, 0.717) is 22.8 Å². The van der Waals surface area contributed by atoms with Crippen LogP contribution in [0.25, 0.3) is 0 Å². The van der Waals surface area contributed by atoms with Crippen LogP contribution in [0.5, 0.6) is 5.75 Å². The van der Waals surface area contributed by atoms with Gasteiger partial charge in [-0.25, -0.2) is 0 Å². The summed E-state index contributed by atoms with van der Waals surface area (Å²) in [4.78, 5) is 15.6. The summed E-state index contributed by atoms with van der Waals surface area (Å²) in [5, 5.41) is 15.4. The Kier molecular flexibility index (Phi) is 4.42. The summed E-state index contributed by atoms with van der Waals surface area (Å²) in [5.74, 6) is -0.0547. The van der Waals surface area contributed by atoms with E-state index in [9.17, 15) is 4.79 Å². The van der Waals surface area contributed by atoms with Gasteiger partial charge in [0.25, 0.3) is 5.91 Å². The Morgan fingerprint density at radius 1 is 1.35 bits per heavy atom. The van der Waals surface area contributed by atoms with Crippen molar-refractivity contribution in [2.24, 2.45) is 0 Å². The van der Waals surface area contributed by atoms with Crippen LogP contribution in [-0.4, -0.2) is 23.0 Å². The highest BCUT2D eigenvalue weighted by Gasteiger charge is 2.07. The third kappa shape index (κ3) is 3.39. The van der Waals surface area contributed by atoms with Gasteiger partial charge < -0.3 is 15.7 Å². The summed E-state index contributed by atoms with van der Waals surface area (Å²) in [6.45, 7) is 0.442. The van der Waals surface area contributed by atoms with Crippen molar-refractivity contribution in [1.82, 2.24) is 10.3 Å². The van der Waals surface area contributed by atoms with Crippen molar-refractivity contribution in [3.05, 3.63) is 52.8 Å². The van der Waals surface area contributed by atoms with Crippen molar-refractivity contribution in [1.29, 1.82) is 0 Å². The molecule has 0 spiro atoms. The molecule has 0 saturated heterocycles. The van der Waals surface area contributed by atoms with Crippen LogP contribution in [0.3, 0.4) is 0 Å². The van der Waals surface area contributed by atoms with Crippen LogP contribution in [-0.2, 0) is 6.54 Å². The highest BCUT2D eigenvalue weighted by molar-refractivity contribution is 6.33. The summed E-state index contributed by atoms with van der Waals surface area (Å²) in [7, 11) is 1.57. The number of aromatic nitrogens is 1. The van der Waals surface area contributed by atoms with E-state index in [-0.39, 0.29) is 11.7 Å². The molecule has 0 bridgehead atoms. The molecule has 6 heteroatoms. The van der Waals surface area contributed by atoms with Crippen LogP contribution in [0.1, 0.15) is 16.1 Å². The number of halogens is 1. The smallest absolute Gasteiger partial charge is 0.251 e. The second kappa shape index (κ2) is 6.25. The molecule has 1 aromatic heterocycles. The molecule has 104 valence electrons. The Morgan fingerprint density at radius 3 is 2.80 bits per heavy atom. The zero-order chi connectivity index (χ0) is 14.5. The quantitative estimate of drug-likeness (QED) is 0.809. The number of carbonyl (C=O) groups excluding carboxylic acids is 1. The molecule has 3 N–H and O–H groups in total. The topological polar surface area (TPSA) is 74.2 Å². The standard InChI is InChI=1S/C14H14ClN3O2/c1-16-14(20)9-2-5-12(15)13(6-9)18-7-10-3-4-11(19)8-17-10/h2-6,8,18-19H,7H2,1H3,(H,16,20). The van der Waals surface area contributed by atoms with Gasteiger partial charge in [-0.1, -0.05) is 11.6 Å². The molecule has 0 aliphatic carbocycles. The summed E-state index contributed by atoms with van der Waals surface area (Å²) in [5.41, 5.74) is 1.94. The van der Waals surface area contributed by atoms with E-state index in [2.05, 4.69) is 15.6 Å². The minimum atomic E-state index is -0.174. The number of anilines is 1. The number of amides is 1. The average molecular weight is 292 g/mol. The first-order chi connectivity index (χ1) is 9.60. The van der Waals surface area contributed by atoms with E-state index >= 15 is 0 Å². The van der Waals surface area contributed by atoms with Gasteiger partial charge in [-0.05, 0) is 30.3 Å². The van der Waals surface area contributed by atoms with Gasteiger partial charge in [0.15, 0.2) is 0 Å². The van der Waals surface area contributed by atoms with Crippen LogP contribution in [0.2, 0.25) is 5.02 Å². The van der Waals surface area contributed by atoms with E-state index in [1.54, 1.807) is 37.4 Å². The van der Waals surface area contributed by atoms with Crippen molar-refractivity contribution < 1.29 is 9.90 Å². The first-order valence-corrected chi connectivity index (χ1v) is 6.37. The van der Waals surface area contributed by atoms with Crippen molar-refractivity contribution in [3.8, 4) is 5.75 Å². The minimum absolute atomic E-state index is 0.119. The highest BCUT2D eigenvalue weighted by Crippen LogP contribution is 2.23. The summed E-state index contributed by atoms with van der Waals surface area (Å²) in [6, 6.07) is 8.27. The van der Waals surface area contributed by atoms with Crippen LogP contribution < -0.4 is 10.6 Å². The van der Waals surface area contributed by atoms with Gasteiger partial charge in [0, 0.05) is 12.6 Å². The molecule has 0 radical (unpaired) electrons. The predicted octanol–water partition coefficient (Wildman–Crippen LogP) is 2.41. The van der Waals surface area contributed by atoms with Crippen LogP contribution >= 0.6 is 11.6 Å². The van der Waals surface area contributed by atoms with Crippen LogP contribution in [0, 0.1) is 0 Å². The zero-order valence-corrected chi connectivity index (χ0v) is 11.6. The molecule has 5 nitrogen and oxygen atoms in total. The normalized spacial score (nSPS) is 10.1. The Balaban J connectivity index is 2.12. The van der Waals surface area contributed by atoms with E-state index in [1.807, 2.05) is 0 Å². The number of nitrogens with one attached hydrogen (secondary N) is 2. The average Bonchev–Trinajstić information content (AvgIpc) is 2.47. The summed E-state index contributed by atoms with van der Waals surface area (Å²) < 4.78 is 0. The van der Waals surface area contributed by atoms with Crippen LogP contribution in [0.15, 0.2) is 36.5 Å². The van der Waals surface area contributed by atoms with Gasteiger partial charge in [0.05, 0.1) is 29.1 Å². The number of carbonyl (C=O) groups is 1. The fourth-order valence-corrected chi connectivity index (χ4v) is 1.84. The van der Waals surface area contributed by atoms with Gasteiger partial charge >= 0.3 is 0 Å². The first kappa shape index (κ1) is 14.1. The molecule has 0 fully saturated rings. The number of rotatable bonds is 4. The SMILES string of the molecule is CNC(=O)c1ccc(Cl)c(NCc2ccc(O)cn2)c1. The van der Waals surface area contributed by atoms with Gasteiger partial charge in [0.1, 0.15) is 5.75 Å². The fourth-order valence-electron chi connectivity index (χ4n) is 1.65. The second-order valence-corrected chi connectivity index (χ2v) is 4.54. The largest absolute Gasteiger partial charge is 0.506 e. The molecule has 0 atom stereocenters. The lowest BCUT2D eigenvalue weighted by atomic mass is 10.2. The molecule has 2 aromatic rings. The van der Waals surface area contributed by atoms with Gasteiger partial charge in [-0.2, -0.15) is 0 Å². The van der Waals surface area contributed by atoms with Crippen LogP contribution in [0.4, 0.5) is 5.69 Å². The molecule has 1 amide bonds. The van der Waals surface area contributed by atoms with Crippen molar-refractivity contribution in [3.63, 3.8) is 0 Å². The maximum atomic E-state index is 11.6. The van der Waals surface area contributed by atoms with E-state index < -0.39 is 0 Å². The lowest BCUT2D eigenvalue weighted by Gasteiger charge is -2.10. The minimum Gasteiger partial charge on any atom is -0.506 e. The van der Waals surface area contributed by atoms with Gasteiger partial charge in [-0.3, -0.25) is 9.78 Å². The summed E-state index contributed by atoms with van der Waals surface area (Å²) >= 11 is 6.08. The third-order valence-electron chi connectivity index (χ3n) is 2.72. The molecule has 2 rings (SSSR count). The van der Waals surface area contributed by atoms with Gasteiger partial charge in [0.2, 0.25) is 0 Å². The van der Waals surface area contributed by atoms with Crippen molar-refractivity contribution in [2.75, 3.05) is 12.4 Å². The Bertz CT molecular complexity index is 614. The van der Waals surface area contributed by atoms with Crippen molar-refractivity contribution >= 4 is 23.2 Å². The molecular formula is C14H14ClN3O2. The molecule has 0 unspecified atom stereocenters. The maximum Gasteiger partial charge on any atom is 0.251 e. The first-order valence-electron chi connectivity index (χ1n) is 5.99. The number of benzene rings is 1. The van der Waals surface area contributed by atoms with E-state index in [0.717, 1.165) is 5.69 Å². The molecular weight excluding hydrogens is 278 g/mol. The number of hydrogen-bond donors (Lipinski definition) is 3. The molecule has 20 heavy (non-hydrogen) atoms. The van der Waals surface area contributed by atoms with Crippen molar-refractivity contribution in [2.45, 2.75) is 6.54 Å². The highest BCUT2D eigenvalue weighted by atomic mass is 35.5. The molecule has 1 heterocycles. The molecule has 0 aliphatic heterocycles. The molecule has 0 saturated carbocycles. The Hall–Kier alpha value is -2.27. The lowest BCUT2D eigenvalue weighted by molar-refractivity contribution is 0.0963. The predicted molar refractivity (Wildman–Crippen MR) is 78.1 cm³/mol. The fraction of sp³-hybridized carbons (Fsp3) is 0.143. The van der Waals surface area contributed by atoms with E-state index in [1.165, 1.54) is 6.20 Å². The monoisotopic (exact) mass is 291 g/mol. The number of pyridine rings is 1. The molecule has 1 aromatic carbocycles. The maximum absolute atomic E-state index is 11.6. The third-order valence-corrected chi connectivity index (χ3v) is 3.05. The van der Waals surface area contributed by atoms with E-state index in [4.69, 9.17) is 16.7 Å². The summed E-state index contributed by atoms with van der Waals surface area (Å²) in [6.07, 6.45) is 1.37. The number of nitrogens with zero attached hydrogens (tertiary/aromatic N) is 1. The molecule has 0 aliphatic rings. The van der Waals surface area contributed by atoms with Gasteiger partial charge in [-0.15, -0.1) is 0 Å². The number of hydrogen-bond acceptors (Lipinski definition) is 4. The lowest BCUT2D eigenvalue weighted by Crippen LogP contribution is -2.17. The zero-order valence-electron chi connectivity index (χ0n) is 10.9. The number of aromatic hydroxyl groups is 1. The Labute approximate surface area is 121 Å². The Morgan fingerprint density at radius 2 is 2.15 bits per heavy atom.